The molecule has 10 heteroatoms. The van der Waals surface area contributed by atoms with E-state index >= 15 is 0 Å². The van der Waals surface area contributed by atoms with Gasteiger partial charge in [-0.2, -0.15) is 4.63 Å². The highest BCUT2D eigenvalue weighted by Crippen LogP contribution is 2.34. The predicted molar refractivity (Wildman–Crippen MR) is 117 cm³/mol. The van der Waals surface area contributed by atoms with Gasteiger partial charge in [0, 0.05) is 24.1 Å². The van der Waals surface area contributed by atoms with Crippen molar-refractivity contribution in [3.8, 4) is 17.1 Å². The first-order chi connectivity index (χ1) is 14.3. The van der Waals surface area contributed by atoms with Crippen LogP contribution in [-0.2, 0) is 19.7 Å². The van der Waals surface area contributed by atoms with E-state index in [1.807, 2.05) is 20.8 Å². The van der Waals surface area contributed by atoms with Crippen molar-refractivity contribution in [2.45, 2.75) is 47.0 Å². The number of benzene rings is 1. The number of aromatic hydroxyl groups is 1. The van der Waals surface area contributed by atoms with E-state index in [0.29, 0.717) is 27.7 Å². The molecule has 0 spiro atoms. The van der Waals surface area contributed by atoms with Crippen LogP contribution in [0.15, 0.2) is 18.2 Å². The molecule has 0 aliphatic rings. The SMILES string of the molecule is CC(=O)OCC(C)(C)C(=O)Nc1ccc(-c2nc3c(Cl)c(C(C)(C)C)[nH]n3n2)c(O)c1. The molecule has 2 heterocycles. The second kappa shape index (κ2) is 7.88. The summed E-state index contributed by atoms with van der Waals surface area (Å²) in [6, 6.07) is 4.65. The van der Waals surface area contributed by atoms with Gasteiger partial charge in [-0.05, 0) is 26.0 Å². The number of hydrogen-bond donors (Lipinski definition) is 3. The third kappa shape index (κ3) is 4.66. The smallest absolute Gasteiger partial charge is 0.302 e. The molecule has 9 nitrogen and oxygen atoms in total. The summed E-state index contributed by atoms with van der Waals surface area (Å²) >= 11 is 6.46. The number of aromatic amines is 1. The number of nitrogens with zero attached hydrogens (tertiary/aromatic N) is 3. The Morgan fingerprint density at radius 2 is 1.94 bits per heavy atom. The van der Waals surface area contributed by atoms with Gasteiger partial charge >= 0.3 is 5.97 Å². The zero-order chi connectivity index (χ0) is 23.1. The molecular formula is C21H26ClN5O4. The molecule has 1 aromatic carbocycles. The largest absolute Gasteiger partial charge is 0.507 e. The Balaban J connectivity index is 1.82. The maximum Gasteiger partial charge on any atom is 0.302 e. The maximum absolute atomic E-state index is 12.5. The van der Waals surface area contributed by atoms with E-state index in [2.05, 4.69) is 20.5 Å². The third-order valence-corrected chi connectivity index (χ3v) is 5.10. The topological polar surface area (TPSA) is 122 Å². The number of anilines is 1. The molecule has 0 fully saturated rings. The first-order valence-electron chi connectivity index (χ1n) is 9.72. The lowest BCUT2D eigenvalue weighted by atomic mass is 9.92. The van der Waals surface area contributed by atoms with Crippen LogP contribution in [0.4, 0.5) is 5.69 Å². The minimum absolute atomic E-state index is 0.0554. The van der Waals surface area contributed by atoms with Crippen molar-refractivity contribution in [2.24, 2.45) is 5.41 Å². The molecule has 0 unspecified atom stereocenters. The van der Waals surface area contributed by atoms with Crippen LogP contribution in [0.1, 0.15) is 47.2 Å². The zero-order valence-corrected chi connectivity index (χ0v) is 19.1. The minimum atomic E-state index is -0.939. The van der Waals surface area contributed by atoms with Gasteiger partial charge in [0.2, 0.25) is 5.91 Å². The summed E-state index contributed by atoms with van der Waals surface area (Å²) in [7, 11) is 0. The van der Waals surface area contributed by atoms with Gasteiger partial charge < -0.3 is 15.2 Å². The lowest BCUT2D eigenvalue weighted by molar-refractivity contribution is -0.146. The van der Waals surface area contributed by atoms with Crippen molar-refractivity contribution in [1.29, 1.82) is 0 Å². The number of H-pyrrole nitrogens is 1. The van der Waals surface area contributed by atoms with Crippen molar-refractivity contribution in [2.75, 3.05) is 11.9 Å². The highest BCUT2D eigenvalue weighted by molar-refractivity contribution is 6.34. The van der Waals surface area contributed by atoms with E-state index in [0.717, 1.165) is 5.69 Å². The number of nitrogens with one attached hydrogen (secondary N) is 2. The van der Waals surface area contributed by atoms with Gasteiger partial charge in [0.05, 0.1) is 16.7 Å². The maximum atomic E-state index is 12.5. The molecule has 0 bridgehead atoms. The highest BCUT2D eigenvalue weighted by atomic mass is 35.5. The van der Waals surface area contributed by atoms with Crippen LogP contribution in [0.25, 0.3) is 17.0 Å². The second-order valence-electron chi connectivity index (χ2n) is 9.07. The van der Waals surface area contributed by atoms with Crippen molar-refractivity contribution in [1.82, 2.24) is 19.8 Å². The number of amides is 1. The summed E-state index contributed by atoms with van der Waals surface area (Å²) in [5.74, 6) is -0.618. The number of rotatable bonds is 5. The summed E-state index contributed by atoms with van der Waals surface area (Å²) in [6.07, 6.45) is 0. The Kier molecular flexibility index (Phi) is 5.75. The number of aromatic nitrogens is 4. The molecule has 31 heavy (non-hydrogen) atoms. The van der Waals surface area contributed by atoms with E-state index in [4.69, 9.17) is 16.3 Å². The molecule has 0 aliphatic carbocycles. The summed E-state index contributed by atoms with van der Waals surface area (Å²) in [5, 5.41) is 21.2. The fourth-order valence-corrected chi connectivity index (χ4v) is 3.30. The van der Waals surface area contributed by atoms with Crippen molar-refractivity contribution in [3.63, 3.8) is 0 Å². The normalized spacial score (nSPS) is 12.2. The van der Waals surface area contributed by atoms with E-state index in [1.165, 1.54) is 17.6 Å². The zero-order valence-electron chi connectivity index (χ0n) is 18.3. The Morgan fingerprint density at radius 1 is 1.26 bits per heavy atom. The fraction of sp³-hybridized carbons (Fsp3) is 0.429. The number of phenolic OH excluding ortho intramolecular Hbond substituents is 1. The number of ether oxygens (including phenoxy) is 1. The van der Waals surface area contributed by atoms with Crippen molar-refractivity contribution >= 4 is 34.8 Å². The first kappa shape index (κ1) is 22.6. The number of phenols is 1. The van der Waals surface area contributed by atoms with Gasteiger partial charge in [-0.15, -0.1) is 5.10 Å². The Bertz CT molecular complexity index is 1160. The number of carbonyl (C=O) groups excluding carboxylic acids is 2. The molecule has 0 radical (unpaired) electrons. The van der Waals surface area contributed by atoms with Gasteiger partial charge in [-0.1, -0.05) is 32.4 Å². The number of fused-ring (bicyclic) bond motifs is 1. The molecule has 0 aliphatic heterocycles. The highest BCUT2D eigenvalue weighted by Gasteiger charge is 2.30. The van der Waals surface area contributed by atoms with Crippen molar-refractivity contribution < 1.29 is 19.4 Å². The number of esters is 1. The van der Waals surface area contributed by atoms with E-state index < -0.39 is 11.4 Å². The van der Waals surface area contributed by atoms with Gasteiger partial charge in [-0.3, -0.25) is 14.7 Å². The summed E-state index contributed by atoms with van der Waals surface area (Å²) in [6.45, 7) is 10.6. The van der Waals surface area contributed by atoms with Crippen molar-refractivity contribution in [3.05, 3.63) is 28.9 Å². The van der Waals surface area contributed by atoms with Crippen LogP contribution in [0, 0.1) is 5.41 Å². The van der Waals surface area contributed by atoms with E-state index in [9.17, 15) is 14.7 Å². The molecule has 2 aromatic heterocycles. The summed E-state index contributed by atoms with van der Waals surface area (Å²) in [4.78, 5) is 28.0. The van der Waals surface area contributed by atoms with Crippen LogP contribution in [0.5, 0.6) is 5.75 Å². The standard InChI is InChI=1S/C21H26ClN5O4/c1-11(28)31-10-21(5,6)19(30)23-12-7-8-13(14(29)9-12)17-24-18-15(22)16(20(2,3)4)25-27(18)26-17/h7-9,25,29H,10H2,1-6H3,(H,23,30). The Hall–Kier alpha value is -3.07. The van der Waals surface area contributed by atoms with Gasteiger partial charge in [-0.25, -0.2) is 4.98 Å². The molecule has 0 saturated heterocycles. The van der Waals surface area contributed by atoms with Gasteiger partial charge in [0.15, 0.2) is 11.5 Å². The lowest BCUT2D eigenvalue weighted by Gasteiger charge is -2.23. The molecule has 0 saturated carbocycles. The summed E-state index contributed by atoms with van der Waals surface area (Å²) < 4.78 is 6.42. The average Bonchev–Trinajstić information content (AvgIpc) is 3.19. The Morgan fingerprint density at radius 3 is 2.48 bits per heavy atom. The van der Waals surface area contributed by atoms with Crippen LogP contribution in [-0.4, -0.2) is 43.4 Å². The van der Waals surface area contributed by atoms with Crippen LogP contribution >= 0.6 is 11.6 Å². The lowest BCUT2D eigenvalue weighted by Crippen LogP contribution is -2.35. The predicted octanol–water partition coefficient (Wildman–Crippen LogP) is 3.91. The molecule has 3 N–H and O–H groups in total. The Labute approximate surface area is 184 Å². The molecule has 3 rings (SSSR count). The monoisotopic (exact) mass is 447 g/mol. The minimum Gasteiger partial charge on any atom is -0.507 e. The van der Waals surface area contributed by atoms with Gasteiger partial charge in [0.25, 0.3) is 0 Å². The molecule has 3 aromatic rings. The molecule has 0 atom stereocenters. The second-order valence-corrected chi connectivity index (χ2v) is 9.45. The number of halogens is 1. The number of carbonyl (C=O) groups is 2. The molecule has 166 valence electrons. The third-order valence-electron chi connectivity index (χ3n) is 4.74. The quantitative estimate of drug-likeness (QED) is 0.510. The summed E-state index contributed by atoms with van der Waals surface area (Å²) in [5.41, 5.74) is 0.916. The molecular weight excluding hydrogens is 422 g/mol. The van der Waals surface area contributed by atoms with Gasteiger partial charge in [0.1, 0.15) is 17.4 Å². The van der Waals surface area contributed by atoms with E-state index in [1.54, 1.807) is 26.0 Å². The number of hydrogen-bond acceptors (Lipinski definition) is 6. The average molecular weight is 448 g/mol. The molecule has 1 amide bonds. The fourth-order valence-electron chi connectivity index (χ4n) is 2.86. The van der Waals surface area contributed by atoms with Crippen LogP contribution in [0.3, 0.4) is 0 Å². The van der Waals surface area contributed by atoms with E-state index in [-0.39, 0.29) is 23.7 Å². The van der Waals surface area contributed by atoms with Crippen LogP contribution in [0.2, 0.25) is 5.02 Å². The first-order valence-corrected chi connectivity index (χ1v) is 10.1. The van der Waals surface area contributed by atoms with Crippen LogP contribution < -0.4 is 5.32 Å².